The fourth-order valence-electron chi connectivity index (χ4n) is 7.38. The number of nitrogens with zero attached hydrogens (tertiary/aromatic N) is 3. The number of fused-ring (bicyclic) bond motifs is 1. The first-order chi connectivity index (χ1) is 24.8. The standard InChI is InChI=1S/C38H61N9O5/c1-7-14-29(30(48)21-41-25(6)26-15-9-8-10-16-26)42-37(51)35-28-18-13-17-27(28)22-47(35)38(52)34(24(4)5)44-36(50)33(23(2)3)43-32(49)20-12-11-19-31(39)45-46-40/h8-10,15-16,23-25,27-29,33-35,41H,7,11-14,17-22H2,1-6H3,(H,42,51)(H,43,49)(H,44,50)(H3,39,40,45)/t25-,27+,28+,29?,33-,34+,35+/m1/s1. The van der Waals surface area contributed by atoms with E-state index in [4.69, 9.17) is 11.3 Å². The van der Waals surface area contributed by atoms with Crippen molar-refractivity contribution in [3.05, 3.63) is 35.9 Å². The van der Waals surface area contributed by atoms with E-state index in [9.17, 15) is 24.0 Å². The van der Waals surface area contributed by atoms with E-state index < -0.39 is 30.1 Å². The van der Waals surface area contributed by atoms with Gasteiger partial charge in [-0.3, -0.25) is 29.4 Å². The highest BCUT2D eigenvalue weighted by molar-refractivity contribution is 5.97. The Morgan fingerprint density at radius 3 is 2.23 bits per heavy atom. The van der Waals surface area contributed by atoms with E-state index in [-0.39, 0.29) is 72.0 Å². The lowest BCUT2D eigenvalue weighted by molar-refractivity contribution is -0.144. The lowest BCUT2D eigenvalue weighted by Gasteiger charge is -2.34. The van der Waals surface area contributed by atoms with Crippen LogP contribution in [0.3, 0.4) is 0 Å². The van der Waals surface area contributed by atoms with E-state index in [2.05, 4.69) is 31.6 Å². The number of unbranched alkanes of at least 4 members (excludes halogenated alkanes) is 1. The van der Waals surface area contributed by atoms with Crippen molar-refractivity contribution >= 4 is 35.2 Å². The molecule has 1 heterocycles. The summed E-state index contributed by atoms with van der Waals surface area (Å²) in [5.74, 6) is 3.06. The van der Waals surface area contributed by atoms with Crippen LogP contribution in [0.15, 0.2) is 40.7 Å². The Bertz CT molecular complexity index is 1400. The molecule has 288 valence electrons. The molecular formula is C38H61N9O5. The van der Waals surface area contributed by atoms with Crippen molar-refractivity contribution in [1.29, 1.82) is 5.41 Å². The normalized spacial score (nSPS) is 20.7. The number of nitrogens with two attached hydrogens (primary N) is 1. The summed E-state index contributed by atoms with van der Waals surface area (Å²) in [6.45, 7) is 11.8. The van der Waals surface area contributed by atoms with E-state index >= 15 is 0 Å². The van der Waals surface area contributed by atoms with Gasteiger partial charge in [-0.25, -0.2) is 0 Å². The van der Waals surface area contributed by atoms with Crippen LogP contribution in [0, 0.1) is 29.1 Å². The average molecular weight is 724 g/mol. The summed E-state index contributed by atoms with van der Waals surface area (Å²) < 4.78 is 0. The Morgan fingerprint density at radius 2 is 1.60 bits per heavy atom. The fraction of sp³-hybridized carbons (Fsp3) is 0.684. The van der Waals surface area contributed by atoms with E-state index in [0.29, 0.717) is 38.6 Å². The number of amides is 4. The van der Waals surface area contributed by atoms with Crippen LogP contribution in [-0.2, 0) is 24.0 Å². The van der Waals surface area contributed by atoms with E-state index in [1.807, 2.05) is 71.9 Å². The zero-order valence-corrected chi connectivity index (χ0v) is 31.8. The molecule has 7 atom stereocenters. The van der Waals surface area contributed by atoms with E-state index in [0.717, 1.165) is 24.8 Å². The number of nitrogens with one attached hydrogen (secondary N) is 5. The lowest BCUT2D eigenvalue weighted by Crippen LogP contribution is -2.60. The van der Waals surface area contributed by atoms with Crippen molar-refractivity contribution in [3.63, 3.8) is 0 Å². The van der Waals surface area contributed by atoms with Crippen LogP contribution < -0.4 is 27.1 Å². The third-order valence-corrected chi connectivity index (χ3v) is 10.3. The number of hydrogen-bond acceptors (Lipinski definition) is 8. The molecule has 4 amide bonds. The average Bonchev–Trinajstić information content (AvgIpc) is 3.72. The van der Waals surface area contributed by atoms with Crippen molar-refractivity contribution in [1.82, 2.24) is 26.2 Å². The smallest absolute Gasteiger partial charge is 0.246 e. The zero-order valence-electron chi connectivity index (χ0n) is 31.8. The van der Waals surface area contributed by atoms with Crippen LogP contribution in [0.1, 0.15) is 111 Å². The molecule has 0 aromatic heterocycles. The third-order valence-electron chi connectivity index (χ3n) is 10.3. The SMILES string of the molecule is CCCC(NC(=O)[C@@H]1[C@H]2CCC[C@H]2CN1C(=O)[C@@H](NC(=O)[C@H](NC(=O)CCCCC(=N)N=NN)C(C)C)C(C)C)C(=O)CN[C@H](C)c1ccccc1. The molecule has 1 aliphatic carbocycles. The van der Waals surface area contributed by atoms with Gasteiger partial charge in [0.05, 0.1) is 12.6 Å². The highest BCUT2D eigenvalue weighted by Crippen LogP contribution is 2.42. The number of ketones is 1. The quantitative estimate of drug-likeness (QED) is 0.0291. The van der Waals surface area contributed by atoms with Gasteiger partial charge in [0.15, 0.2) is 5.78 Å². The zero-order chi connectivity index (χ0) is 38.4. The number of benzene rings is 1. The number of carbonyl (C=O) groups is 5. The van der Waals surface area contributed by atoms with Crippen molar-refractivity contribution in [3.8, 4) is 0 Å². The minimum Gasteiger partial charge on any atom is -0.344 e. The first-order valence-electron chi connectivity index (χ1n) is 19.0. The lowest BCUT2D eigenvalue weighted by atomic mass is 9.92. The second kappa shape index (κ2) is 20.7. The first kappa shape index (κ1) is 42.2. The maximum Gasteiger partial charge on any atom is 0.246 e. The van der Waals surface area contributed by atoms with Crippen LogP contribution in [0.25, 0.3) is 0 Å². The van der Waals surface area contributed by atoms with Gasteiger partial charge in [-0.2, -0.15) is 0 Å². The Labute approximate surface area is 308 Å². The topological polar surface area (TPSA) is 211 Å². The van der Waals surface area contributed by atoms with Gasteiger partial charge in [-0.05, 0) is 68.3 Å². The van der Waals surface area contributed by atoms with Crippen LogP contribution in [-0.4, -0.2) is 77.4 Å². The molecule has 0 bridgehead atoms. The summed E-state index contributed by atoms with van der Waals surface area (Å²) in [5.41, 5.74) is 1.06. The van der Waals surface area contributed by atoms with Crippen molar-refractivity contribution in [2.75, 3.05) is 13.1 Å². The summed E-state index contributed by atoms with van der Waals surface area (Å²) in [4.78, 5) is 70.0. The van der Waals surface area contributed by atoms with Crippen molar-refractivity contribution < 1.29 is 24.0 Å². The minimum atomic E-state index is -0.917. The third kappa shape index (κ3) is 11.9. The predicted molar refractivity (Wildman–Crippen MR) is 200 cm³/mol. The summed E-state index contributed by atoms with van der Waals surface area (Å²) in [6.07, 6.45) is 5.40. The van der Waals surface area contributed by atoms with E-state index in [1.165, 1.54) is 0 Å². The molecule has 0 radical (unpaired) electrons. The molecule has 1 unspecified atom stereocenters. The number of Topliss-reactive ketones (excluding diaryl/α,β-unsaturated/α-hetero) is 1. The molecule has 14 nitrogen and oxygen atoms in total. The Kier molecular flexibility index (Phi) is 16.8. The molecule has 2 fully saturated rings. The van der Waals surface area contributed by atoms with Crippen LogP contribution in [0.5, 0.6) is 0 Å². The van der Waals surface area contributed by atoms with Crippen molar-refractivity contribution in [2.24, 2.45) is 39.9 Å². The number of carbonyl (C=O) groups excluding carboxylic acids is 5. The van der Waals surface area contributed by atoms with Gasteiger partial charge in [0.1, 0.15) is 24.0 Å². The molecular weight excluding hydrogens is 662 g/mol. The molecule has 0 spiro atoms. The van der Waals surface area contributed by atoms with Crippen LogP contribution >= 0.6 is 0 Å². The number of hydrogen-bond donors (Lipinski definition) is 6. The van der Waals surface area contributed by atoms with Gasteiger partial charge in [0.2, 0.25) is 23.6 Å². The molecule has 52 heavy (non-hydrogen) atoms. The monoisotopic (exact) mass is 723 g/mol. The molecule has 1 aliphatic heterocycles. The van der Waals surface area contributed by atoms with Crippen LogP contribution in [0.2, 0.25) is 0 Å². The maximum absolute atomic E-state index is 14.3. The fourth-order valence-corrected chi connectivity index (χ4v) is 7.38. The molecule has 1 saturated carbocycles. The molecule has 2 aliphatic rings. The highest BCUT2D eigenvalue weighted by atomic mass is 16.2. The molecule has 1 aromatic carbocycles. The largest absolute Gasteiger partial charge is 0.344 e. The molecule has 1 saturated heterocycles. The van der Waals surface area contributed by atoms with E-state index in [1.54, 1.807) is 4.90 Å². The number of rotatable bonds is 20. The summed E-state index contributed by atoms with van der Waals surface area (Å²) in [7, 11) is 0. The van der Waals surface area contributed by atoms with Crippen molar-refractivity contribution in [2.45, 2.75) is 130 Å². The molecule has 14 heteroatoms. The van der Waals surface area contributed by atoms with Gasteiger partial charge in [0.25, 0.3) is 0 Å². The highest BCUT2D eigenvalue weighted by Gasteiger charge is 2.51. The number of amidine groups is 1. The number of likely N-dealkylation sites (tertiary alicyclic amines) is 1. The summed E-state index contributed by atoms with van der Waals surface area (Å²) in [5, 5.41) is 26.2. The molecule has 3 rings (SSSR count). The first-order valence-corrected chi connectivity index (χ1v) is 19.0. The second-order valence-electron chi connectivity index (χ2n) is 15.0. The summed E-state index contributed by atoms with van der Waals surface area (Å²) >= 11 is 0. The maximum atomic E-state index is 14.3. The van der Waals surface area contributed by atoms with Gasteiger partial charge in [-0.15, -0.1) is 5.11 Å². The minimum absolute atomic E-state index is 0.0223. The molecule has 1 aromatic rings. The Balaban J connectivity index is 1.69. The molecule has 7 N–H and O–H groups in total. The van der Waals surface area contributed by atoms with Gasteiger partial charge < -0.3 is 32.0 Å². The predicted octanol–water partition coefficient (Wildman–Crippen LogP) is 3.96. The second-order valence-corrected chi connectivity index (χ2v) is 15.0. The Morgan fingerprint density at radius 1 is 0.923 bits per heavy atom. The van der Waals surface area contributed by atoms with Gasteiger partial charge in [0, 0.05) is 25.4 Å². The summed E-state index contributed by atoms with van der Waals surface area (Å²) in [6, 6.07) is 6.59. The Hall–Kier alpha value is -4.20. The van der Waals surface area contributed by atoms with Crippen LogP contribution in [0.4, 0.5) is 0 Å². The van der Waals surface area contributed by atoms with Gasteiger partial charge in [-0.1, -0.05) is 83.0 Å². The van der Waals surface area contributed by atoms with Gasteiger partial charge >= 0.3 is 0 Å².